The molecule has 0 radical (unpaired) electrons. The van der Waals surface area contributed by atoms with Crippen LogP contribution >= 0.6 is 22.6 Å². The molecule has 0 aliphatic heterocycles. The van der Waals surface area contributed by atoms with Crippen molar-refractivity contribution in [3.8, 4) is 0 Å². The van der Waals surface area contributed by atoms with E-state index in [2.05, 4.69) is 41.8 Å². The molecule has 1 saturated carbocycles. The lowest BCUT2D eigenvalue weighted by Gasteiger charge is -2.35. The molecule has 1 atom stereocenters. The maximum Gasteiger partial charge on any atom is 0.252 e. The van der Waals surface area contributed by atoms with Crippen LogP contribution in [0.1, 0.15) is 49.9 Å². The zero-order valence-electron chi connectivity index (χ0n) is 11.0. The van der Waals surface area contributed by atoms with Crippen molar-refractivity contribution in [2.75, 3.05) is 0 Å². The van der Waals surface area contributed by atoms with Crippen LogP contribution in [0.2, 0.25) is 0 Å². The molecule has 1 N–H and O–H groups in total. The van der Waals surface area contributed by atoms with Gasteiger partial charge in [0.2, 0.25) is 0 Å². The number of hydrogen-bond acceptors (Lipinski definition) is 1. The normalized spacial score (nSPS) is 22.5. The van der Waals surface area contributed by atoms with Gasteiger partial charge in [0.1, 0.15) is 0 Å². The number of hydrogen-bond donors (Lipinski definition) is 1. The lowest BCUT2D eigenvalue weighted by Crippen LogP contribution is -2.40. The van der Waals surface area contributed by atoms with Crippen molar-refractivity contribution < 1.29 is 4.79 Å². The Bertz CT molecular complexity index is 442. The van der Waals surface area contributed by atoms with Gasteiger partial charge in [-0.1, -0.05) is 32.4 Å². The van der Waals surface area contributed by atoms with Gasteiger partial charge in [-0.3, -0.25) is 4.79 Å². The van der Waals surface area contributed by atoms with Crippen LogP contribution in [0.25, 0.3) is 0 Å². The van der Waals surface area contributed by atoms with Gasteiger partial charge in [-0.25, -0.2) is 0 Å². The highest BCUT2D eigenvalue weighted by molar-refractivity contribution is 14.1. The Hall–Kier alpha value is -0.580. The van der Waals surface area contributed by atoms with Crippen molar-refractivity contribution in [2.24, 2.45) is 5.41 Å². The van der Waals surface area contributed by atoms with Gasteiger partial charge in [-0.2, -0.15) is 0 Å². The molecule has 1 amide bonds. The van der Waals surface area contributed by atoms with E-state index in [1.165, 1.54) is 12.8 Å². The predicted octanol–water partition coefficient (Wildman–Crippen LogP) is 3.99. The fourth-order valence-corrected chi connectivity index (χ4v) is 3.36. The first kappa shape index (κ1) is 13.8. The molecule has 1 aliphatic rings. The zero-order chi connectivity index (χ0) is 13.2. The summed E-state index contributed by atoms with van der Waals surface area (Å²) in [6.45, 7) is 4.58. The number of benzene rings is 1. The largest absolute Gasteiger partial charge is 0.349 e. The van der Waals surface area contributed by atoms with Gasteiger partial charge in [-0.05, 0) is 59.4 Å². The second-order valence-corrected chi connectivity index (χ2v) is 7.07. The average molecular weight is 357 g/mol. The summed E-state index contributed by atoms with van der Waals surface area (Å²) in [5, 5.41) is 3.19. The van der Waals surface area contributed by atoms with Crippen LogP contribution in [0.15, 0.2) is 24.3 Å². The van der Waals surface area contributed by atoms with Gasteiger partial charge >= 0.3 is 0 Å². The number of halogens is 1. The number of carbonyl (C=O) groups excluding carboxylic acids is 1. The SMILES string of the molecule is CC1(C)CCCC(NC(=O)c2ccccc2I)C1. The van der Waals surface area contributed by atoms with E-state index in [1.807, 2.05) is 24.3 Å². The van der Waals surface area contributed by atoms with Crippen molar-refractivity contribution in [1.82, 2.24) is 5.32 Å². The quantitative estimate of drug-likeness (QED) is 0.797. The Morgan fingerprint density at radius 3 is 2.78 bits per heavy atom. The summed E-state index contributed by atoms with van der Waals surface area (Å²) in [7, 11) is 0. The van der Waals surface area contributed by atoms with Gasteiger partial charge in [-0.15, -0.1) is 0 Å². The molecule has 98 valence electrons. The van der Waals surface area contributed by atoms with Crippen LogP contribution < -0.4 is 5.32 Å². The summed E-state index contributed by atoms with van der Waals surface area (Å²) in [5.74, 6) is 0.0719. The van der Waals surface area contributed by atoms with E-state index < -0.39 is 0 Å². The Balaban J connectivity index is 2.02. The first-order valence-electron chi connectivity index (χ1n) is 6.53. The molecular weight excluding hydrogens is 337 g/mol. The molecule has 1 fully saturated rings. The van der Waals surface area contributed by atoms with Crippen molar-refractivity contribution >= 4 is 28.5 Å². The van der Waals surface area contributed by atoms with Crippen LogP contribution in [0.5, 0.6) is 0 Å². The molecule has 0 aromatic heterocycles. The van der Waals surface area contributed by atoms with Gasteiger partial charge in [0.25, 0.3) is 5.91 Å². The summed E-state index contributed by atoms with van der Waals surface area (Å²) >= 11 is 2.22. The van der Waals surface area contributed by atoms with Gasteiger partial charge in [0, 0.05) is 9.61 Å². The lowest BCUT2D eigenvalue weighted by atomic mass is 9.75. The van der Waals surface area contributed by atoms with Crippen molar-refractivity contribution in [2.45, 2.75) is 45.6 Å². The molecule has 0 heterocycles. The van der Waals surface area contributed by atoms with E-state index in [0.29, 0.717) is 11.5 Å². The summed E-state index contributed by atoms with van der Waals surface area (Å²) < 4.78 is 1.02. The zero-order valence-corrected chi connectivity index (χ0v) is 13.2. The molecule has 0 saturated heterocycles. The highest BCUT2D eigenvalue weighted by Gasteiger charge is 2.29. The Morgan fingerprint density at radius 1 is 1.39 bits per heavy atom. The van der Waals surface area contributed by atoms with E-state index in [0.717, 1.165) is 22.0 Å². The van der Waals surface area contributed by atoms with Crippen LogP contribution in [0, 0.1) is 8.99 Å². The van der Waals surface area contributed by atoms with E-state index in [-0.39, 0.29) is 5.91 Å². The fourth-order valence-electron chi connectivity index (χ4n) is 2.73. The number of carbonyl (C=O) groups is 1. The standard InChI is InChI=1S/C15H20INO/c1-15(2)9-5-6-11(10-15)17-14(18)12-7-3-4-8-13(12)16/h3-4,7-8,11H,5-6,9-10H2,1-2H3,(H,17,18). The molecule has 3 heteroatoms. The van der Waals surface area contributed by atoms with E-state index in [1.54, 1.807) is 0 Å². The third kappa shape index (κ3) is 3.46. The lowest BCUT2D eigenvalue weighted by molar-refractivity contribution is 0.0901. The van der Waals surface area contributed by atoms with Crippen LogP contribution in [-0.2, 0) is 0 Å². The van der Waals surface area contributed by atoms with Crippen LogP contribution in [0.3, 0.4) is 0 Å². The Morgan fingerprint density at radius 2 is 2.11 bits per heavy atom. The molecular formula is C15H20INO. The molecule has 1 aliphatic carbocycles. The molecule has 0 spiro atoms. The molecule has 2 nitrogen and oxygen atoms in total. The molecule has 2 rings (SSSR count). The van der Waals surface area contributed by atoms with Crippen molar-refractivity contribution in [3.05, 3.63) is 33.4 Å². The van der Waals surface area contributed by atoms with Crippen molar-refractivity contribution in [3.63, 3.8) is 0 Å². The fraction of sp³-hybridized carbons (Fsp3) is 0.533. The highest BCUT2D eigenvalue weighted by Crippen LogP contribution is 2.35. The van der Waals surface area contributed by atoms with E-state index in [9.17, 15) is 4.79 Å². The summed E-state index contributed by atoms with van der Waals surface area (Å²) in [4.78, 5) is 12.2. The van der Waals surface area contributed by atoms with E-state index >= 15 is 0 Å². The molecule has 18 heavy (non-hydrogen) atoms. The van der Waals surface area contributed by atoms with E-state index in [4.69, 9.17) is 0 Å². The molecule has 1 aromatic carbocycles. The van der Waals surface area contributed by atoms with Gasteiger partial charge < -0.3 is 5.32 Å². The smallest absolute Gasteiger partial charge is 0.252 e. The maximum atomic E-state index is 12.2. The second-order valence-electron chi connectivity index (χ2n) is 5.91. The molecule has 1 unspecified atom stereocenters. The number of rotatable bonds is 2. The minimum absolute atomic E-state index is 0.0719. The molecule has 1 aromatic rings. The molecule has 0 bridgehead atoms. The maximum absolute atomic E-state index is 12.2. The third-order valence-corrected chi connectivity index (χ3v) is 4.60. The second kappa shape index (κ2) is 5.59. The topological polar surface area (TPSA) is 29.1 Å². The summed E-state index contributed by atoms with van der Waals surface area (Å²) in [6, 6.07) is 8.08. The van der Waals surface area contributed by atoms with Gasteiger partial charge in [0.05, 0.1) is 5.56 Å². The first-order valence-corrected chi connectivity index (χ1v) is 7.61. The minimum Gasteiger partial charge on any atom is -0.349 e. The third-order valence-electron chi connectivity index (χ3n) is 3.66. The minimum atomic E-state index is 0.0719. The Kier molecular flexibility index (Phi) is 4.30. The number of amides is 1. The monoisotopic (exact) mass is 357 g/mol. The highest BCUT2D eigenvalue weighted by atomic mass is 127. The Labute approximate surface area is 123 Å². The summed E-state index contributed by atoms with van der Waals surface area (Å²) in [6.07, 6.45) is 4.67. The average Bonchev–Trinajstić information content (AvgIpc) is 2.28. The van der Waals surface area contributed by atoms with Gasteiger partial charge in [0.15, 0.2) is 0 Å². The predicted molar refractivity (Wildman–Crippen MR) is 82.7 cm³/mol. The van der Waals surface area contributed by atoms with Crippen molar-refractivity contribution in [1.29, 1.82) is 0 Å². The number of nitrogens with one attached hydrogen (secondary N) is 1. The van der Waals surface area contributed by atoms with Crippen LogP contribution in [-0.4, -0.2) is 11.9 Å². The first-order chi connectivity index (χ1) is 8.48. The summed E-state index contributed by atoms with van der Waals surface area (Å²) in [5.41, 5.74) is 1.15. The van der Waals surface area contributed by atoms with Crippen LogP contribution in [0.4, 0.5) is 0 Å².